The smallest absolute Gasteiger partial charge is 0.240 e. The first kappa shape index (κ1) is 20.0. The average molecular weight is 419 g/mol. The van der Waals surface area contributed by atoms with Gasteiger partial charge in [-0.25, -0.2) is 13.1 Å². The monoisotopic (exact) mass is 418 g/mol. The number of sulfonamides is 1. The highest BCUT2D eigenvalue weighted by molar-refractivity contribution is 7.89. The van der Waals surface area contributed by atoms with E-state index in [2.05, 4.69) is 9.62 Å². The minimum absolute atomic E-state index is 0.102. The van der Waals surface area contributed by atoms with Gasteiger partial charge in [-0.3, -0.25) is 4.90 Å². The highest BCUT2D eigenvalue weighted by Gasteiger charge is 2.27. The van der Waals surface area contributed by atoms with Gasteiger partial charge in [-0.2, -0.15) is 0 Å². The van der Waals surface area contributed by atoms with Crippen molar-refractivity contribution in [1.82, 2.24) is 9.62 Å². The Morgan fingerprint density at radius 2 is 1.83 bits per heavy atom. The molecule has 0 aliphatic carbocycles. The van der Waals surface area contributed by atoms with E-state index < -0.39 is 10.0 Å². The molecular weight excluding hydrogens is 392 g/mol. The molecule has 0 unspecified atom stereocenters. The molecule has 2 aliphatic rings. The van der Waals surface area contributed by atoms with Crippen LogP contribution in [0.2, 0.25) is 0 Å². The van der Waals surface area contributed by atoms with Crippen molar-refractivity contribution in [3.63, 3.8) is 0 Å². The van der Waals surface area contributed by atoms with Gasteiger partial charge in [0, 0.05) is 18.2 Å². The van der Waals surface area contributed by atoms with E-state index in [0.717, 1.165) is 37.2 Å². The molecule has 2 aliphatic heterocycles. The third kappa shape index (κ3) is 4.34. The predicted octanol–water partition coefficient (Wildman–Crippen LogP) is 2.93. The van der Waals surface area contributed by atoms with Crippen LogP contribution in [0, 0.1) is 0 Å². The number of piperidine rings is 1. The Kier molecular flexibility index (Phi) is 5.94. The van der Waals surface area contributed by atoms with Gasteiger partial charge in [0.1, 0.15) is 5.75 Å². The Morgan fingerprint density at radius 1 is 1.07 bits per heavy atom. The van der Waals surface area contributed by atoms with Gasteiger partial charge >= 0.3 is 0 Å². The number of hydrogen-bond donors (Lipinski definition) is 1. The van der Waals surface area contributed by atoms with Crippen molar-refractivity contribution in [2.24, 2.45) is 0 Å². The second-order valence-corrected chi connectivity index (χ2v) is 8.99. The van der Waals surface area contributed by atoms with E-state index in [1.165, 1.54) is 18.6 Å². The zero-order valence-corrected chi connectivity index (χ0v) is 17.3. The number of methoxy groups -OCH3 is 1. The molecule has 2 aromatic rings. The lowest BCUT2D eigenvalue weighted by molar-refractivity contribution is 0.162. The number of nitrogens with one attached hydrogen (secondary N) is 1. The summed E-state index contributed by atoms with van der Waals surface area (Å²) >= 11 is 0. The highest BCUT2D eigenvalue weighted by atomic mass is 32.2. The molecular formula is C21H26N2O5S. The Hall–Kier alpha value is -2.29. The van der Waals surface area contributed by atoms with Crippen molar-refractivity contribution in [1.29, 1.82) is 0 Å². The van der Waals surface area contributed by atoms with Gasteiger partial charge in [0.15, 0.2) is 11.5 Å². The van der Waals surface area contributed by atoms with Gasteiger partial charge in [0.2, 0.25) is 16.8 Å². The summed E-state index contributed by atoms with van der Waals surface area (Å²) in [6.45, 7) is 2.25. The number of nitrogens with zero attached hydrogens (tertiary/aromatic N) is 1. The molecule has 0 saturated carbocycles. The van der Waals surface area contributed by atoms with Gasteiger partial charge in [-0.1, -0.05) is 24.6 Å². The summed E-state index contributed by atoms with van der Waals surface area (Å²) in [4.78, 5) is 2.50. The molecule has 2 heterocycles. The van der Waals surface area contributed by atoms with Crippen molar-refractivity contribution in [3.05, 3.63) is 48.0 Å². The Morgan fingerprint density at radius 3 is 2.62 bits per heavy atom. The van der Waals surface area contributed by atoms with Crippen LogP contribution in [0.1, 0.15) is 30.9 Å². The summed E-state index contributed by atoms with van der Waals surface area (Å²) in [5, 5.41) is 0. The molecule has 29 heavy (non-hydrogen) atoms. The second-order valence-electron chi connectivity index (χ2n) is 7.22. The summed E-state index contributed by atoms with van der Waals surface area (Å²) in [5.41, 5.74) is 0.991. The van der Waals surface area contributed by atoms with Crippen molar-refractivity contribution in [2.75, 3.05) is 33.5 Å². The van der Waals surface area contributed by atoms with E-state index in [-0.39, 0.29) is 24.3 Å². The normalized spacial score (nSPS) is 17.8. The minimum Gasteiger partial charge on any atom is -0.496 e. The molecule has 1 atom stereocenters. The van der Waals surface area contributed by atoms with Crippen molar-refractivity contribution in [3.8, 4) is 17.2 Å². The third-order valence-electron chi connectivity index (χ3n) is 5.45. The first-order valence-electron chi connectivity index (χ1n) is 9.85. The number of fused-ring (bicyclic) bond motifs is 1. The first-order chi connectivity index (χ1) is 14.1. The molecule has 1 saturated heterocycles. The minimum atomic E-state index is -3.70. The van der Waals surface area contributed by atoms with Crippen LogP contribution in [-0.4, -0.2) is 46.9 Å². The molecule has 1 fully saturated rings. The molecule has 0 spiro atoms. The molecule has 0 radical (unpaired) electrons. The molecule has 2 aromatic carbocycles. The van der Waals surface area contributed by atoms with Crippen LogP contribution in [0.25, 0.3) is 0 Å². The van der Waals surface area contributed by atoms with Crippen molar-refractivity contribution >= 4 is 10.0 Å². The van der Waals surface area contributed by atoms with Crippen molar-refractivity contribution < 1.29 is 22.6 Å². The average Bonchev–Trinajstić information content (AvgIpc) is 3.23. The largest absolute Gasteiger partial charge is 0.496 e. The maximum Gasteiger partial charge on any atom is 0.240 e. The van der Waals surface area contributed by atoms with Crippen LogP contribution in [0.15, 0.2) is 47.4 Å². The summed E-state index contributed by atoms with van der Waals surface area (Å²) < 4.78 is 44.8. The summed E-state index contributed by atoms with van der Waals surface area (Å²) in [6.07, 6.45) is 3.43. The Labute approximate surface area is 171 Å². The number of ether oxygens (including phenoxy) is 3. The lowest BCUT2D eigenvalue weighted by Crippen LogP contribution is -2.40. The third-order valence-corrected chi connectivity index (χ3v) is 6.87. The zero-order chi connectivity index (χ0) is 20.3. The van der Waals surface area contributed by atoms with E-state index in [9.17, 15) is 8.42 Å². The Balaban J connectivity index is 1.57. The highest BCUT2D eigenvalue weighted by Crippen LogP contribution is 2.34. The fourth-order valence-electron chi connectivity index (χ4n) is 3.92. The molecule has 4 rings (SSSR count). The summed E-state index contributed by atoms with van der Waals surface area (Å²) in [7, 11) is -2.05. The van der Waals surface area contributed by atoms with E-state index >= 15 is 0 Å². The first-order valence-corrected chi connectivity index (χ1v) is 11.3. The number of para-hydroxylation sites is 1. The zero-order valence-electron chi connectivity index (χ0n) is 16.5. The second kappa shape index (κ2) is 8.61. The van der Waals surface area contributed by atoms with E-state index in [0.29, 0.717) is 11.5 Å². The van der Waals surface area contributed by atoms with Crippen LogP contribution in [-0.2, 0) is 10.0 Å². The van der Waals surface area contributed by atoms with Gasteiger partial charge in [0.05, 0.1) is 18.0 Å². The van der Waals surface area contributed by atoms with Gasteiger partial charge in [-0.05, 0) is 44.1 Å². The van der Waals surface area contributed by atoms with Crippen molar-refractivity contribution in [2.45, 2.75) is 30.2 Å². The molecule has 0 amide bonds. The van der Waals surface area contributed by atoms with Gasteiger partial charge < -0.3 is 14.2 Å². The van der Waals surface area contributed by atoms with Crippen LogP contribution >= 0.6 is 0 Å². The van der Waals surface area contributed by atoms with Crippen LogP contribution < -0.4 is 18.9 Å². The van der Waals surface area contributed by atoms with Crippen LogP contribution in [0.3, 0.4) is 0 Å². The maximum absolute atomic E-state index is 12.9. The predicted molar refractivity (Wildman–Crippen MR) is 109 cm³/mol. The summed E-state index contributed by atoms with van der Waals surface area (Å²) in [5.74, 6) is 1.78. The van der Waals surface area contributed by atoms with Crippen LogP contribution in [0.4, 0.5) is 0 Å². The summed E-state index contributed by atoms with van der Waals surface area (Å²) in [6, 6.07) is 12.4. The SMILES string of the molecule is COc1ccccc1[C@H](CNS(=O)(=O)c1ccc2c(c1)OCO2)N1CCCCC1. The number of likely N-dealkylation sites (tertiary alicyclic amines) is 1. The standard InChI is InChI=1S/C21H26N2O5S/c1-26-19-8-4-3-7-17(19)18(23-11-5-2-6-12-23)14-22-29(24,25)16-9-10-20-21(13-16)28-15-27-20/h3-4,7-10,13,18,22H,2,5-6,11-12,14-15H2,1H3/t18-/m0/s1. The molecule has 156 valence electrons. The number of benzene rings is 2. The van der Waals surface area contributed by atoms with Crippen LogP contribution in [0.5, 0.6) is 17.2 Å². The number of rotatable bonds is 7. The molecule has 7 nitrogen and oxygen atoms in total. The van der Waals surface area contributed by atoms with Gasteiger partial charge in [-0.15, -0.1) is 0 Å². The maximum atomic E-state index is 12.9. The molecule has 1 N–H and O–H groups in total. The number of hydrogen-bond acceptors (Lipinski definition) is 6. The fourth-order valence-corrected chi connectivity index (χ4v) is 4.98. The van der Waals surface area contributed by atoms with Gasteiger partial charge in [0.25, 0.3) is 0 Å². The molecule has 0 bridgehead atoms. The lowest BCUT2D eigenvalue weighted by Gasteiger charge is -2.35. The Bertz CT molecular complexity index is 957. The lowest BCUT2D eigenvalue weighted by atomic mass is 10.0. The topological polar surface area (TPSA) is 77.1 Å². The molecule has 0 aromatic heterocycles. The van der Waals surface area contributed by atoms with E-state index in [4.69, 9.17) is 14.2 Å². The van der Waals surface area contributed by atoms with E-state index in [1.54, 1.807) is 13.2 Å². The quantitative estimate of drug-likeness (QED) is 0.745. The molecule has 8 heteroatoms. The van der Waals surface area contributed by atoms with E-state index in [1.807, 2.05) is 24.3 Å². The fraction of sp³-hybridized carbons (Fsp3) is 0.429.